The fourth-order valence-electron chi connectivity index (χ4n) is 3.31. The second-order valence-corrected chi connectivity index (χ2v) is 8.80. The van der Waals surface area contributed by atoms with Crippen molar-refractivity contribution in [3.05, 3.63) is 60.2 Å². The molecule has 0 spiro atoms. The Morgan fingerprint density at radius 2 is 1.81 bits per heavy atom. The zero-order valence-corrected chi connectivity index (χ0v) is 20.9. The van der Waals surface area contributed by atoms with Gasteiger partial charge in [0.1, 0.15) is 24.2 Å². The highest BCUT2D eigenvalue weighted by Crippen LogP contribution is 2.36. The van der Waals surface area contributed by atoms with Crippen molar-refractivity contribution in [2.24, 2.45) is 11.1 Å². The van der Waals surface area contributed by atoms with Gasteiger partial charge in [0.2, 0.25) is 5.91 Å². The van der Waals surface area contributed by atoms with E-state index in [1.807, 2.05) is 44.2 Å². The number of carbonyl (C=O) groups excluding carboxylic acids is 1. The lowest BCUT2D eigenvalue weighted by Crippen LogP contribution is -2.47. The van der Waals surface area contributed by atoms with Crippen LogP contribution in [-0.2, 0) is 19.1 Å². The number of carboxylic acids is 1. The third-order valence-corrected chi connectivity index (χ3v) is 5.34. The summed E-state index contributed by atoms with van der Waals surface area (Å²) in [5, 5.41) is 21.1. The molecule has 10 nitrogen and oxygen atoms in total. The van der Waals surface area contributed by atoms with Crippen LogP contribution in [0.3, 0.4) is 0 Å². The van der Waals surface area contributed by atoms with E-state index in [9.17, 15) is 19.8 Å². The van der Waals surface area contributed by atoms with Gasteiger partial charge in [0.15, 0.2) is 12.4 Å². The number of nitrogens with one attached hydrogen (secondary N) is 1. The number of rotatable bonds is 10. The Bertz CT molecular complexity index is 937. The lowest BCUT2D eigenvalue weighted by Gasteiger charge is -2.39. The summed E-state index contributed by atoms with van der Waals surface area (Å²) in [5.74, 6) is 0.109. The molecule has 1 fully saturated rings. The lowest BCUT2D eigenvalue weighted by molar-refractivity contribution is -0.264. The molecular formula is C26H36N2O8. The maximum Gasteiger partial charge on any atom is 0.333 e. The smallest absolute Gasteiger partial charge is 0.333 e. The normalized spacial score (nSPS) is 19.2. The molecule has 36 heavy (non-hydrogen) atoms. The Labute approximate surface area is 211 Å². The average Bonchev–Trinajstić information content (AvgIpc) is 2.87. The quantitative estimate of drug-likeness (QED) is 0.357. The molecule has 198 valence electrons. The molecule has 1 heterocycles. The maximum atomic E-state index is 11.3. The first-order valence-corrected chi connectivity index (χ1v) is 11.7. The molecule has 5 N–H and O–H groups in total. The Hall–Kier alpha value is -3.18. The zero-order valence-electron chi connectivity index (χ0n) is 20.9. The Kier molecular flexibility index (Phi) is 11.6. The zero-order chi connectivity index (χ0) is 26.6. The second-order valence-electron chi connectivity index (χ2n) is 8.80. The summed E-state index contributed by atoms with van der Waals surface area (Å²) < 4.78 is 21.6. The molecule has 1 saturated heterocycles. The number of para-hydroxylation sites is 1. The third kappa shape index (κ3) is 9.12. The van der Waals surface area contributed by atoms with Crippen LogP contribution < -0.4 is 20.5 Å². The van der Waals surface area contributed by atoms with E-state index >= 15 is 0 Å². The van der Waals surface area contributed by atoms with Crippen LogP contribution >= 0.6 is 0 Å². The molecule has 0 radical (unpaired) electrons. The van der Waals surface area contributed by atoms with Crippen molar-refractivity contribution >= 4 is 11.9 Å². The number of carbonyl (C=O) groups is 2. The number of benzene rings is 2. The molecule has 0 aromatic heterocycles. The van der Waals surface area contributed by atoms with Gasteiger partial charge in [-0.2, -0.15) is 0 Å². The van der Waals surface area contributed by atoms with E-state index in [0.717, 1.165) is 17.1 Å². The predicted octanol–water partition coefficient (Wildman–Crippen LogP) is 2.11. The van der Waals surface area contributed by atoms with Gasteiger partial charge in [-0.3, -0.25) is 4.79 Å². The number of nitrogens with two attached hydrogens (primary N) is 1. The summed E-state index contributed by atoms with van der Waals surface area (Å²) >= 11 is 0. The van der Waals surface area contributed by atoms with Crippen LogP contribution in [0.4, 0.5) is 0 Å². The molecule has 1 aliphatic rings. The van der Waals surface area contributed by atoms with Crippen molar-refractivity contribution in [3.8, 4) is 11.5 Å². The van der Waals surface area contributed by atoms with Crippen LogP contribution in [0, 0.1) is 5.41 Å². The fourth-order valence-corrected chi connectivity index (χ4v) is 3.31. The van der Waals surface area contributed by atoms with Gasteiger partial charge in [0.05, 0.1) is 20.3 Å². The van der Waals surface area contributed by atoms with E-state index in [1.54, 1.807) is 31.4 Å². The summed E-state index contributed by atoms with van der Waals surface area (Å²) in [6.45, 7) is 4.97. The maximum absolute atomic E-state index is 11.3. The van der Waals surface area contributed by atoms with E-state index in [4.69, 9.17) is 24.7 Å². The highest BCUT2D eigenvalue weighted by Gasteiger charge is 2.43. The topological polar surface area (TPSA) is 150 Å². The van der Waals surface area contributed by atoms with Crippen molar-refractivity contribution in [1.29, 1.82) is 0 Å². The van der Waals surface area contributed by atoms with Crippen molar-refractivity contribution < 1.29 is 38.7 Å². The monoisotopic (exact) mass is 504 g/mol. The predicted molar refractivity (Wildman–Crippen MR) is 133 cm³/mol. The first-order chi connectivity index (χ1) is 17.2. The van der Waals surface area contributed by atoms with Gasteiger partial charge in [-0.15, -0.1) is 0 Å². The SMILES string of the molecule is COc1ccc([C@@H]2OCC(C)(C)C(C(=O)O)O2)cc1.NCCC(O)C(=O)NCCOc1ccccc1. The van der Waals surface area contributed by atoms with Crippen LogP contribution in [0.1, 0.15) is 32.1 Å². The molecule has 3 rings (SSSR count). The number of methoxy groups -OCH3 is 1. The summed E-state index contributed by atoms with van der Waals surface area (Å²) in [7, 11) is 1.59. The van der Waals surface area contributed by atoms with Gasteiger partial charge in [-0.05, 0) is 37.2 Å². The highest BCUT2D eigenvalue weighted by atomic mass is 16.7. The number of aliphatic hydroxyl groups is 1. The number of ether oxygens (including phenoxy) is 4. The van der Waals surface area contributed by atoms with Gasteiger partial charge in [-0.1, -0.05) is 44.2 Å². The van der Waals surface area contributed by atoms with Gasteiger partial charge in [0.25, 0.3) is 0 Å². The average molecular weight is 505 g/mol. The number of amides is 1. The molecule has 0 saturated carbocycles. The molecule has 0 bridgehead atoms. The van der Waals surface area contributed by atoms with Gasteiger partial charge >= 0.3 is 5.97 Å². The minimum absolute atomic E-state index is 0.269. The minimum atomic E-state index is -1.03. The molecule has 10 heteroatoms. The van der Waals surface area contributed by atoms with Crippen molar-refractivity contribution in [1.82, 2.24) is 5.32 Å². The van der Waals surface area contributed by atoms with Gasteiger partial charge < -0.3 is 40.2 Å². The van der Waals surface area contributed by atoms with E-state index in [2.05, 4.69) is 5.32 Å². The third-order valence-electron chi connectivity index (χ3n) is 5.34. The van der Waals surface area contributed by atoms with E-state index < -0.39 is 35.8 Å². The number of aliphatic hydroxyl groups excluding tert-OH is 1. The number of hydrogen-bond donors (Lipinski definition) is 4. The number of hydrogen-bond acceptors (Lipinski definition) is 8. The van der Waals surface area contributed by atoms with Crippen LogP contribution in [0.5, 0.6) is 11.5 Å². The van der Waals surface area contributed by atoms with E-state index in [1.165, 1.54) is 0 Å². The summed E-state index contributed by atoms with van der Waals surface area (Å²) in [6.07, 6.45) is -2.30. The summed E-state index contributed by atoms with van der Waals surface area (Å²) in [6, 6.07) is 16.5. The van der Waals surface area contributed by atoms with Gasteiger partial charge in [0, 0.05) is 11.0 Å². The van der Waals surface area contributed by atoms with Crippen LogP contribution in [0.25, 0.3) is 0 Å². The van der Waals surface area contributed by atoms with Crippen LogP contribution in [0.2, 0.25) is 0 Å². The molecule has 1 aliphatic heterocycles. The Balaban J connectivity index is 0.000000255. The summed E-state index contributed by atoms with van der Waals surface area (Å²) in [5.41, 5.74) is 5.47. The molecule has 3 atom stereocenters. The fraction of sp³-hybridized carbons (Fsp3) is 0.462. The molecule has 2 aromatic carbocycles. The molecule has 0 aliphatic carbocycles. The Morgan fingerprint density at radius 1 is 1.14 bits per heavy atom. The first kappa shape index (κ1) is 29.1. The summed E-state index contributed by atoms with van der Waals surface area (Å²) in [4.78, 5) is 22.5. The minimum Gasteiger partial charge on any atom is -0.497 e. The molecule has 2 unspecified atom stereocenters. The van der Waals surface area contributed by atoms with Crippen LogP contribution in [-0.4, -0.2) is 67.7 Å². The standard InChI is InChI=1S/C14H18O5.C12H18N2O3/c1-14(2)8-18-13(19-11(14)12(15)16)9-4-6-10(17-3)7-5-9;13-7-6-11(15)12(16)14-8-9-17-10-4-2-1-3-5-10/h4-7,11,13H,8H2,1-3H3,(H,15,16);1-5,11,15H,6-9,13H2,(H,14,16)/t11?,13-;/m1./s1. The largest absolute Gasteiger partial charge is 0.497 e. The van der Waals surface area contributed by atoms with Crippen molar-refractivity contribution in [2.75, 3.05) is 33.4 Å². The van der Waals surface area contributed by atoms with Crippen LogP contribution in [0.15, 0.2) is 54.6 Å². The first-order valence-electron chi connectivity index (χ1n) is 11.7. The molecule has 2 aromatic rings. The highest BCUT2D eigenvalue weighted by molar-refractivity contribution is 5.80. The van der Waals surface area contributed by atoms with Crippen molar-refractivity contribution in [3.63, 3.8) is 0 Å². The second kappa shape index (κ2) is 14.4. The van der Waals surface area contributed by atoms with Gasteiger partial charge in [-0.25, -0.2) is 4.79 Å². The lowest BCUT2D eigenvalue weighted by atomic mass is 9.86. The number of carboxylic acid groups (broad SMARTS) is 1. The molecular weight excluding hydrogens is 468 g/mol. The van der Waals surface area contributed by atoms with E-state index in [0.29, 0.717) is 19.8 Å². The molecule has 1 amide bonds. The van der Waals surface area contributed by atoms with Crippen molar-refractivity contribution in [2.45, 2.75) is 38.8 Å². The Morgan fingerprint density at radius 3 is 2.39 bits per heavy atom. The number of aliphatic carboxylic acids is 1. The van der Waals surface area contributed by atoms with E-state index in [-0.39, 0.29) is 13.0 Å².